The van der Waals surface area contributed by atoms with Crippen LogP contribution in [0, 0.1) is 11.8 Å². The van der Waals surface area contributed by atoms with Gasteiger partial charge in [0.2, 0.25) is 0 Å². The van der Waals surface area contributed by atoms with E-state index in [4.69, 9.17) is 0 Å². The molecule has 1 aliphatic carbocycles. The van der Waals surface area contributed by atoms with E-state index in [2.05, 4.69) is 38.4 Å². The van der Waals surface area contributed by atoms with Gasteiger partial charge in [-0.15, -0.1) is 0 Å². The number of hydrogen-bond donors (Lipinski definition) is 1. The second-order valence-electron chi connectivity index (χ2n) is 4.09. The molecule has 0 radical (unpaired) electrons. The SMILES string of the molecule is C/C=C1\C(=C/NC)CCC1C(C)C.CC. The van der Waals surface area contributed by atoms with Gasteiger partial charge in [0.05, 0.1) is 0 Å². The van der Waals surface area contributed by atoms with E-state index < -0.39 is 0 Å². The van der Waals surface area contributed by atoms with Crippen molar-refractivity contribution < 1.29 is 0 Å². The van der Waals surface area contributed by atoms with Crippen molar-refractivity contribution >= 4 is 0 Å². The first-order chi connectivity index (χ1) is 7.20. The molecule has 0 aromatic carbocycles. The van der Waals surface area contributed by atoms with Gasteiger partial charge in [-0.05, 0) is 48.9 Å². The minimum Gasteiger partial charge on any atom is -0.394 e. The zero-order valence-corrected chi connectivity index (χ0v) is 11.2. The van der Waals surface area contributed by atoms with Crippen LogP contribution in [0.5, 0.6) is 0 Å². The highest BCUT2D eigenvalue weighted by Gasteiger charge is 2.26. The Labute approximate surface area is 95.7 Å². The van der Waals surface area contributed by atoms with Crippen LogP contribution in [-0.4, -0.2) is 7.05 Å². The summed E-state index contributed by atoms with van der Waals surface area (Å²) in [5.74, 6) is 1.55. The fraction of sp³-hybridized carbons (Fsp3) is 0.714. The topological polar surface area (TPSA) is 12.0 Å². The number of hydrogen-bond acceptors (Lipinski definition) is 1. The zero-order chi connectivity index (χ0) is 11.8. The van der Waals surface area contributed by atoms with Gasteiger partial charge in [0.15, 0.2) is 0 Å². The summed E-state index contributed by atoms with van der Waals surface area (Å²) in [6.45, 7) is 10.8. The molecular weight excluding hydrogens is 182 g/mol. The average molecular weight is 209 g/mol. The minimum atomic E-state index is 0.772. The van der Waals surface area contributed by atoms with Crippen LogP contribution in [0.25, 0.3) is 0 Å². The van der Waals surface area contributed by atoms with Gasteiger partial charge in [-0.25, -0.2) is 0 Å². The van der Waals surface area contributed by atoms with Crippen molar-refractivity contribution in [3.63, 3.8) is 0 Å². The summed E-state index contributed by atoms with van der Waals surface area (Å²) < 4.78 is 0. The van der Waals surface area contributed by atoms with Gasteiger partial charge in [-0.1, -0.05) is 33.8 Å². The van der Waals surface area contributed by atoms with Gasteiger partial charge >= 0.3 is 0 Å². The minimum absolute atomic E-state index is 0.772. The predicted molar refractivity (Wildman–Crippen MR) is 69.8 cm³/mol. The molecule has 1 unspecified atom stereocenters. The lowest BCUT2D eigenvalue weighted by atomic mass is 9.90. The van der Waals surface area contributed by atoms with Crippen molar-refractivity contribution in [3.05, 3.63) is 23.4 Å². The van der Waals surface area contributed by atoms with Crippen LogP contribution in [0.4, 0.5) is 0 Å². The Kier molecular flexibility index (Phi) is 7.19. The zero-order valence-electron chi connectivity index (χ0n) is 11.2. The van der Waals surface area contributed by atoms with Crippen molar-refractivity contribution in [2.45, 2.75) is 47.5 Å². The molecule has 88 valence electrons. The molecule has 15 heavy (non-hydrogen) atoms. The molecule has 0 heterocycles. The summed E-state index contributed by atoms with van der Waals surface area (Å²) in [7, 11) is 1.98. The maximum absolute atomic E-state index is 3.13. The van der Waals surface area contributed by atoms with Crippen LogP contribution in [0.3, 0.4) is 0 Å². The smallest absolute Gasteiger partial charge is 0.00278 e. The lowest BCUT2D eigenvalue weighted by Crippen LogP contribution is -2.06. The van der Waals surface area contributed by atoms with E-state index in [9.17, 15) is 0 Å². The van der Waals surface area contributed by atoms with Crippen LogP contribution < -0.4 is 5.32 Å². The summed E-state index contributed by atoms with van der Waals surface area (Å²) >= 11 is 0. The van der Waals surface area contributed by atoms with Gasteiger partial charge in [0, 0.05) is 7.05 Å². The molecule has 1 saturated carbocycles. The van der Waals surface area contributed by atoms with Crippen LogP contribution >= 0.6 is 0 Å². The standard InChI is InChI=1S/C12H21N.C2H6/c1-5-11-10(8-13-4)6-7-12(11)9(2)3;1-2/h5,8-9,12-13H,6-7H2,1-4H3;1-2H3/b10-8-,11-5+;. The largest absolute Gasteiger partial charge is 0.394 e. The van der Waals surface area contributed by atoms with Gasteiger partial charge in [-0.2, -0.15) is 0 Å². The summed E-state index contributed by atoms with van der Waals surface area (Å²) in [6, 6.07) is 0. The first-order valence-corrected chi connectivity index (χ1v) is 6.23. The van der Waals surface area contributed by atoms with Crippen LogP contribution in [-0.2, 0) is 0 Å². The van der Waals surface area contributed by atoms with Gasteiger partial charge in [0.1, 0.15) is 0 Å². The Hall–Kier alpha value is -0.720. The quantitative estimate of drug-likeness (QED) is 0.721. The Morgan fingerprint density at radius 2 is 1.93 bits per heavy atom. The van der Waals surface area contributed by atoms with Crippen LogP contribution in [0.1, 0.15) is 47.5 Å². The molecule has 0 aliphatic heterocycles. The Bertz CT molecular complexity index is 223. The van der Waals surface area contributed by atoms with Crippen molar-refractivity contribution in [1.82, 2.24) is 5.32 Å². The Morgan fingerprint density at radius 3 is 2.33 bits per heavy atom. The average Bonchev–Trinajstić information content (AvgIpc) is 2.64. The third-order valence-corrected chi connectivity index (χ3v) is 2.93. The Balaban J connectivity index is 0.000000921. The summed E-state index contributed by atoms with van der Waals surface area (Å²) in [5.41, 5.74) is 3.06. The van der Waals surface area contributed by atoms with Gasteiger partial charge in [0.25, 0.3) is 0 Å². The second-order valence-corrected chi connectivity index (χ2v) is 4.09. The van der Waals surface area contributed by atoms with E-state index in [0.717, 1.165) is 11.8 Å². The van der Waals surface area contributed by atoms with Crippen LogP contribution in [0.2, 0.25) is 0 Å². The fourth-order valence-electron chi connectivity index (χ4n) is 2.27. The van der Waals surface area contributed by atoms with Crippen LogP contribution in [0.15, 0.2) is 23.4 Å². The highest BCUT2D eigenvalue weighted by atomic mass is 14.8. The molecule has 1 rings (SSSR count). The van der Waals surface area contributed by atoms with E-state index in [-0.39, 0.29) is 0 Å². The van der Waals surface area contributed by atoms with E-state index in [1.165, 1.54) is 18.4 Å². The molecule has 0 amide bonds. The van der Waals surface area contributed by atoms with Crippen molar-refractivity contribution in [2.24, 2.45) is 11.8 Å². The monoisotopic (exact) mass is 209 g/mol. The number of nitrogens with one attached hydrogen (secondary N) is 1. The summed E-state index contributed by atoms with van der Waals surface area (Å²) in [5, 5.41) is 3.13. The molecule has 0 saturated heterocycles. The molecule has 0 spiro atoms. The molecule has 0 bridgehead atoms. The van der Waals surface area contributed by atoms with E-state index in [0.29, 0.717) is 0 Å². The molecule has 0 aromatic heterocycles. The van der Waals surface area contributed by atoms with Gasteiger partial charge < -0.3 is 5.32 Å². The summed E-state index contributed by atoms with van der Waals surface area (Å²) in [4.78, 5) is 0. The molecule has 1 aliphatic rings. The van der Waals surface area contributed by atoms with E-state index in [1.54, 1.807) is 5.57 Å². The molecule has 1 N–H and O–H groups in total. The normalized spacial score (nSPS) is 25.7. The lowest BCUT2D eigenvalue weighted by Gasteiger charge is -2.16. The molecular formula is C14H27N. The molecule has 1 heteroatoms. The van der Waals surface area contributed by atoms with Crippen molar-refractivity contribution in [2.75, 3.05) is 7.05 Å². The van der Waals surface area contributed by atoms with Crippen molar-refractivity contribution in [1.29, 1.82) is 0 Å². The molecule has 1 atom stereocenters. The third kappa shape index (κ3) is 3.73. The molecule has 1 fully saturated rings. The maximum Gasteiger partial charge on any atom is 0.00278 e. The fourth-order valence-corrected chi connectivity index (χ4v) is 2.27. The van der Waals surface area contributed by atoms with Crippen molar-refractivity contribution in [3.8, 4) is 0 Å². The second kappa shape index (κ2) is 7.56. The van der Waals surface area contributed by atoms with E-state index in [1.807, 2.05) is 20.9 Å². The maximum atomic E-state index is 3.13. The molecule has 0 aromatic rings. The first kappa shape index (κ1) is 14.3. The van der Waals surface area contributed by atoms with Gasteiger partial charge in [-0.3, -0.25) is 0 Å². The number of rotatable bonds is 2. The molecule has 1 nitrogen and oxygen atoms in total. The lowest BCUT2D eigenvalue weighted by molar-refractivity contribution is 0.452. The third-order valence-electron chi connectivity index (χ3n) is 2.93. The predicted octanol–water partition coefficient (Wildman–Crippen LogP) is 4.13. The highest BCUT2D eigenvalue weighted by molar-refractivity contribution is 5.37. The van der Waals surface area contributed by atoms with E-state index >= 15 is 0 Å². The number of allylic oxidation sites excluding steroid dienone is 3. The Morgan fingerprint density at radius 1 is 1.33 bits per heavy atom. The highest BCUT2D eigenvalue weighted by Crippen LogP contribution is 2.39. The first-order valence-electron chi connectivity index (χ1n) is 6.23. The summed E-state index contributed by atoms with van der Waals surface area (Å²) in [6.07, 6.45) is 6.99.